The summed E-state index contributed by atoms with van der Waals surface area (Å²) in [6, 6.07) is 4.87. The zero-order valence-corrected chi connectivity index (χ0v) is 7.71. The van der Waals surface area contributed by atoms with Crippen LogP contribution in [0.15, 0.2) is 24.4 Å². The summed E-state index contributed by atoms with van der Waals surface area (Å²) in [5.41, 5.74) is 7.73. The standard InChI is InChI=1S/C10H10FN3/c1-6-4-7(2-3-8(6)11)9-5-13-10(12)14-9/h2-5H,1H3,(H3,12,13,14). The van der Waals surface area contributed by atoms with Gasteiger partial charge in [0.2, 0.25) is 0 Å². The van der Waals surface area contributed by atoms with Crippen LogP contribution in [0.25, 0.3) is 11.3 Å². The fourth-order valence-corrected chi connectivity index (χ4v) is 1.30. The van der Waals surface area contributed by atoms with Crippen molar-refractivity contribution in [1.29, 1.82) is 0 Å². The summed E-state index contributed by atoms with van der Waals surface area (Å²) in [4.78, 5) is 6.76. The van der Waals surface area contributed by atoms with Crippen molar-refractivity contribution in [3.05, 3.63) is 35.8 Å². The van der Waals surface area contributed by atoms with Crippen LogP contribution in [0.3, 0.4) is 0 Å². The molecule has 3 nitrogen and oxygen atoms in total. The second-order valence-corrected chi connectivity index (χ2v) is 3.15. The molecule has 0 spiro atoms. The number of imidazole rings is 1. The van der Waals surface area contributed by atoms with E-state index in [9.17, 15) is 4.39 Å². The normalized spacial score (nSPS) is 10.4. The lowest BCUT2D eigenvalue weighted by molar-refractivity contribution is 0.619. The molecule has 1 aromatic carbocycles. The Morgan fingerprint density at radius 2 is 2.21 bits per heavy atom. The number of nitrogens with zero attached hydrogens (tertiary/aromatic N) is 1. The number of nitrogen functional groups attached to an aromatic ring is 1. The quantitative estimate of drug-likeness (QED) is 0.725. The van der Waals surface area contributed by atoms with Crippen LogP contribution < -0.4 is 5.73 Å². The first kappa shape index (κ1) is 8.74. The highest BCUT2D eigenvalue weighted by molar-refractivity contribution is 5.60. The summed E-state index contributed by atoms with van der Waals surface area (Å²) in [6.07, 6.45) is 1.63. The molecule has 0 saturated heterocycles. The van der Waals surface area contributed by atoms with Gasteiger partial charge < -0.3 is 10.7 Å². The lowest BCUT2D eigenvalue weighted by Crippen LogP contribution is -1.87. The Kier molecular flexibility index (Phi) is 1.96. The Morgan fingerprint density at radius 1 is 1.43 bits per heavy atom. The van der Waals surface area contributed by atoms with E-state index in [4.69, 9.17) is 5.73 Å². The van der Waals surface area contributed by atoms with Gasteiger partial charge in [0.05, 0.1) is 11.9 Å². The van der Waals surface area contributed by atoms with E-state index in [1.165, 1.54) is 6.07 Å². The van der Waals surface area contributed by atoms with Gasteiger partial charge in [-0.1, -0.05) is 0 Å². The summed E-state index contributed by atoms with van der Waals surface area (Å²) >= 11 is 0. The van der Waals surface area contributed by atoms with Gasteiger partial charge in [-0.25, -0.2) is 9.37 Å². The SMILES string of the molecule is Cc1cc(-c2cnc(N)[nH]2)ccc1F. The van der Waals surface area contributed by atoms with E-state index in [0.29, 0.717) is 11.5 Å². The summed E-state index contributed by atoms with van der Waals surface area (Å²) < 4.78 is 13.0. The van der Waals surface area contributed by atoms with Crippen molar-refractivity contribution < 1.29 is 4.39 Å². The third-order valence-corrected chi connectivity index (χ3v) is 2.06. The summed E-state index contributed by atoms with van der Waals surface area (Å²) in [7, 11) is 0. The number of aromatic amines is 1. The maximum atomic E-state index is 13.0. The highest BCUT2D eigenvalue weighted by Crippen LogP contribution is 2.20. The third kappa shape index (κ3) is 1.46. The smallest absolute Gasteiger partial charge is 0.197 e. The van der Waals surface area contributed by atoms with Gasteiger partial charge in [-0.15, -0.1) is 0 Å². The number of hydrogen-bond acceptors (Lipinski definition) is 2. The molecule has 0 unspecified atom stereocenters. The van der Waals surface area contributed by atoms with E-state index >= 15 is 0 Å². The first-order chi connectivity index (χ1) is 6.66. The number of aryl methyl sites for hydroxylation is 1. The molecule has 72 valence electrons. The van der Waals surface area contributed by atoms with Crippen molar-refractivity contribution in [3.8, 4) is 11.3 Å². The van der Waals surface area contributed by atoms with Gasteiger partial charge in [-0.2, -0.15) is 0 Å². The zero-order valence-electron chi connectivity index (χ0n) is 7.71. The largest absolute Gasteiger partial charge is 0.369 e. The number of aromatic nitrogens is 2. The van der Waals surface area contributed by atoms with Crippen molar-refractivity contribution in [1.82, 2.24) is 9.97 Å². The van der Waals surface area contributed by atoms with Gasteiger partial charge >= 0.3 is 0 Å². The Balaban J connectivity index is 2.47. The first-order valence-electron chi connectivity index (χ1n) is 4.24. The molecule has 0 radical (unpaired) electrons. The molecule has 0 aliphatic carbocycles. The molecule has 0 amide bonds. The Morgan fingerprint density at radius 3 is 2.79 bits per heavy atom. The van der Waals surface area contributed by atoms with Gasteiger partial charge in [0.1, 0.15) is 5.82 Å². The molecule has 2 aromatic rings. The maximum Gasteiger partial charge on any atom is 0.197 e. The molecule has 4 heteroatoms. The van der Waals surface area contributed by atoms with Crippen LogP contribution in [-0.4, -0.2) is 9.97 Å². The monoisotopic (exact) mass is 191 g/mol. The van der Waals surface area contributed by atoms with Gasteiger partial charge in [0.25, 0.3) is 0 Å². The average Bonchev–Trinajstić information content (AvgIpc) is 2.57. The number of halogens is 1. The van der Waals surface area contributed by atoms with Crippen LogP contribution >= 0.6 is 0 Å². The first-order valence-corrected chi connectivity index (χ1v) is 4.24. The molecule has 1 aromatic heterocycles. The second kappa shape index (κ2) is 3.14. The molecular formula is C10H10FN3. The van der Waals surface area contributed by atoms with Crippen LogP contribution in [0.5, 0.6) is 0 Å². The zero-order chi connectivity index (χ0) is 10.1. The van der Waals surface area contributed by atoms with Crippen LogP contribution in [0.1, 0.15) is 5.56 Å². The van der Waals surface area contributed by atoms with Gasteiger partial charge in [-0.3, -0.25) is 0 Å². The van der Waals surface area contributed by atoms with E-state index in [2.05, 4.69) is 9.97 Å². The number of hydrogen-bond donors (Lipinski definition) is 2. The van der Waals surface area contributed by atoms with E-state index in [-0.39, 0.29) is 5.82 Å². The average molecular weight is 191 g/mol. The van der Waals surface area contributed by atoms with Crippen molar-refractivity contribution >= 4 is 5.95 Å². The lowest BCUT2D eigenvalue weighted by Gasteiger charge is -2.00. The van der Waals surface area contributed by atoms with Gasteiger partial charge in [-0.05, 0) is 30.7 Å². The lowest BCUT2D eigenvalue weighted by atomic mass is 10.1. The van der Waals surface area contributed by atoms with Gasteiger partial charge in [0.15, 0.2) is 5.95 Å². The van der Waals surface area contributed by atoms with E-state index in [1.54, 1.807) is 25.3 Å². The molecule has 0 atom stereocenters. The predicted octanol–water partition coefficient (Wildman–Crippen LogP) is 2.11. The Labute approximate surface area is 80.8 Å². The predicted molar refractivity (Wildman–Crippen MR) is 53.1 cm³/mol. The molecule has 0 bridgehead atoms. The molecule has 0 saturated carbocycles. The van der Waals surface area contributed by atoms with Crippen LogP contribution in [0.4, 0.5) is 10.3 Å². The molecule has 2 rings (SSSR count). The number of H-pyrrole nitrogens is 1. The second-order valence-electron chi connectivity index (χ2n) is 3.15. The fraction of sp³-hybridized carbons (Fsp3) is 0.100. The van der Waals surface area contributed by atoms with E-state index in [1.807, 2.05) is 0 Å². The summed E-state index contributed by atoms with van der Waals surface area (Å²) in [5.74, 6) is 0.156. The third-order valence-electron chi connectivity index (χ3n) is 2.06. The number of anilines is 1. The van der Waals surface area contributed by atoms with Crippen LogP contribution in [0, 0.1) is 12.7 Å². The van der Waals surface area contributed by atoms with Crippen LogP contribution in [0.2, 0.25) is 0 Å². The number of nitrogens with one attached hydrogen (secondary N) is 1. The topological polar surface area (TPSA) is 54.7 Å². The number of benzene rings is 1. The Hall–Kier alpha value is -1.84. The number of rotatable bonds is 1. The number of nitrogens with two attached hydrogens (primary N) is 1. The molecule has 0 aliphatic heterocycles. The van der Waals surface area contributed by atoms with E-state index in [0.717, 1.165) is 11.3 Å². The molecular weight excluding hydrogens is 181 g/mol. The molecule has 1 heterocycles. The minimum Gasteiger partial charge on any atom is -0.369 e. The molecule has 0 aliphatic rings. The highest BCUT2D eigenvalue weighted by Gasteiger charge is 2.03. The minimum atomic E-state index is -0.207. The van der Waals surface area contributed by atoms with Crippen LogP contribution in [-0.2, 0) is 0 Å². The maximum absolute atomic E-state index is 13.0. The minimum absolute atomic E-state index is 0.207. The molecule has 14 heavy (non-hydrogen) atoms. The van der Waals surface area contributed by atoms with Crippen molar-refractivity contribution in [2.24, 2.45) is 0 Å². The summed E-state index contributed by atoms with van der Waals surface area (Å²) in [5, 5.41) is 0. The molecule has 0 fully saturated rings. The van der Waals surface area contributed by atoms with Crippen molar-refractivity contribution in [2.75, 3.05) is 5.73 Å². The van der Waals surface area contributed by atoms with Crippen molar-refractivity contribution in [3.63, 3.8) is 0 Å². The highest BCUT2D eigenvalue weighted by atomic mass is 19.1. The Bertz CT molecular complexity index is 462. The fourth-order valence-electron chi connectivity index (χ4n) is 1.30. The van der Waals surface area contributed by atoms with E-state index < -0.39 is 0 Å². The van der Waals surface area contributed by atoms with Crippen molar-refractivity contribution in [2.45, 2.75) is 6.92 Å². The van der Waals surface area contributed by atoms with Gasteiger partial charge in [0, 0.05) is 5.56 Å². The molecule has 3 N–H and O–H groups in total. The summed E-state index contributed by atoms with van der Waals surface area (Å²) in [6.45, 7) is 1.72.